The number of halogens is 1. The van der Waals surface area contributed by atoms with Crippen LogP contribution >= 0.6 is 23.4 Å². The van der Waals surface area contributed by atoms with Gasteiger partial charge in [-0.25, -0.2) is 0 Å². The molecule has 10 heteroatoms. The smallest absolute Gasteiger partial charge is 0.267 e. The van der Waals surface area contributed by atoms with E-state index in [2.05, 4.69) is 48.4 Å². The lowest BCUT2D eigenvalue weighted by Gasteiger charge is -2.18. The lowest BCUT2D eigenvalue weighted by molar-refractivity contribution is -0.122. The Kier molecular flexibility index (Phi) is 9.90. The number of amidine groups is 1. The Hall–Kier alpha value is -4.60. The molecular weight excluding hydrogens is 608 g/mol. The van der Waals surface area contributed by atoms with Crippen molar-refractivity contribution in [3.63, 3.8) is 0 Å². The van der Waals surface area contributed by atoms with Gasteiger partial charge < -0.3 is 14.5 Å². The van der Waals surface area contributed by atoms with E-state index >= 15 is 0 Å². The fourth-order valence-electron chi connectivity index (χ4n) is 4.38. The van der Waals surface area contributed by atoms with E-state index in [9.17, 15) is 9.59 Å². The van der Waals surface area contributed by atoms with Crippen molar-refractivity contribution in [3.8, 4) is 5.75 Å². The van der Waals surface area contributed by atoms with Crippen LogP contribution in [-0.4, -0.2) is 34.7 Å². The standard InChI is InChI=1S/C35H33ClN4O4S/c1-23-7-14-28(15-8-23)38-32(41)22-44-30-16-13-27(36)18-25(30)19-31-33(42)40(21-29-6-5-17-43-29)34(45-31)39-37-20-24-9-11-26(12-10-24)35(2,3)4/h5-20H,21-22H2,1-4H3,(H,38,41)/b31-19-,37-20-,39-34+. The second kappa shape index (κ2) is 14.0. The molecule has 1 aliphatic rings. The predicted octanol–water partition coefficient (Wildman–Crippen LogP) is 8.06. The van der Waals surface area contributed by atoms with Crippen LogP contribution < -0.4 is 10.1 Å². The number of nitrogens with one attached hydrogen (secondary N) is 1. The quantitative estimate of drug-likeness (QED) is 0.113. The zero-order valence-electron chi connectivity index (χ0n) is 25.4. The molecule has 1 N–H and O–H groups in total. The van der Waals surface area contributed by atoms with Crippen molar-refractivity contribution >= 4 is 58.3 Å². The lowest BCUT2D eigenvalue weighted by atomic mass is 9.87. The number of thioether (sulfide) groups is 1. The minimum Gasteiger partial charge on any atom is -0.483 e. The van der Waals surface area contributed by atoms with Crippen LogP contribution in [0.2, 0.25) is 5.02 Å². The fraction of sp³-hybridized carbons (Fsp3) is 0.200. The molecule has 0 aliphatic carbocycles. The number of nitrogens with zero attached hydrogens (tertiary/aromatic N) is 3. The predicted molar refractivity (Wildman–Crippen MR) is 182 cm³/mol. The van der Waals surface area contributed by atoms with Crippen molar-refractivity contribution in [1.82, 2.24) is 4.90 Å². The number of ether oxygens (including phenoxy) is 1. The second-order valence-electron chi connectivity index (χ2n) is 11.5. The molecule has 2 heterocycles. The Morgan fingerprint density at radius 2 is 1.82 bits per heavy atom. The third kappa shape index (κ3) is 8.53. The number of hydrogen-bond acceptors (Lipinski definition) is 7. The number of anilines is 1. The Morgan fingerprint density at radius 1 is 1.07 bits per heavy atom. The summed E-state index contributed by atoms with van der Waals surface area (Å²) in [5.41, 5.74) is 4.47. The zero-order chi connectivity index (χ0) is 32.0. The number of furan rings is 1. The molecule has 0 saturated carbocycles. The molecule has 1 fully saturated rings. The third-order valence-corrected chi connectivity index (χ3v) is 8.09. The first-order valence-electron chi connectivity index (χ1n) is 14.3. The van der Waals surface area contributed by atoms with Crippen molar-refractivity contribution in [1.29, 1.82) is 0 Å². The van der Waals surface area contributed by atoms with Crippen LogP contribution in [0.15, 0.2) is 105 Å². The van der Waals surface area contributed by atoms with Crippen LogP contribution in [-0.2, 0) is 21.5 Å². The van der Waals surface area contributed by atoms with Crippen molar-refractivity contribution in [3.05, 3.63) is 123 Å². The van der Waals surface area contributed by atoms with Gasteiger partial charge in [0.05, 0.1) is 23.9 Å². The molecule has 0 radical (unpaired) electrons. The summed E-state index contributed by atoms with van der Waals surface area (Å²) >= 11 is 7.49. The van der Waals surface area contributed by atoms with Gasteiger partial charge in [-0.3, -0.25) is 14.5 Å². The second-order valence-corrected chi connectivity index (χ2v) is 12.9. The first kappa shape index (κ1) is 31.8. The molecule has 8 nitrogen and oxygen atoms in total. The van der Waals surface area contributed by atoms with Crippen LogP contribution in [0.3, 0.4) is 0 Å². The first-order valence-corrected chi connectivity index (χ1v) is 15.5. The molecule has 45 heavy (non-hydrogen) atoms. The fourth-order valence-corrected chi connectivity index (χ4v) is 5.48. The van der Waals surface area contributed by atoms with Crippen LogP contribution in [0.4, 0.5) is 5.69 Å². The molecule has 2 amide bonds. The summed E-state index contributed by atoms with van der Waals surface area (Å²) in [6, 6.07) is 24.2. The van der Waals surface area contributed by atoms with Gasteiger partial charge >= 0.3 is 0 Å². The number of carbonyl (C=O) groups excluding carboxylic acids is 2. The first-order chi connectivity index (χ1) is 21.5. The number of amides is 2. The molecule has 0 unspecified atom stereocenters. The summed E-state index contributed by atoms with van der Waals surface area (Å²) in [5, 5.41) is 12.4. The van der Waals surface area contributed by atoms with E-state index < -0.39 is 0 Å². The Balaban J connectivity index is 1.36. The molecule has 0 bridgehead atoms. The van der Waals surface area contributed by atoms with Crippen LogP contribution in [0, 0.1) is 6.92 Å². The maximum Gasteiger partial charge on any atom is 0.267 e. The minimum atomic E-state index is -0.316. The summed E-state index contributed by atoms with van der Waals surface area (Å²) in [4.78, 5) is 28.1. The zero-order valence-corrected chi connectivity index (χ0v) is 27.0. The van der Waals surface area contributed by atoms with Gasteiger partial charge in [0.25, 0.3) is 11.8 Å². The van der Waals surface area contributed by atoms with Gasteiger partial charge in [0, 0.05) is 16.3 Å². The summed E-state index contributed by atoms with van der Waals surface area (Å²) in [5.74, 6) is 0.414. The number of aryl methyl sites for hydroxylation is 1. The van der Waals surface area contributed by atoms with Gasteiger partial charge in [-0.1, -0.05) is 74.3 Å². The molecule has 1 aliphatic heterocycles. The average molecular weight is 641 g/mol. The number of rotatable bonds is 9. The Labute approximate surface area is 271 Å². The van der Waals surface area contributed by atoms with E-state index in [0.29, 0.717) is 37.9 Å². The number of benzene rings is 3. The molecule has 230 valence electrons. The van der Waals surface area contributed by atoms with Crippen LogP contribution in [0.5, 0.6) is 5.75 Å². The highest BCUT2D eigenvalue weighted by Crippen LogP contribution is 2.36. The van der Waals surface area contributed by atoms with Gasteiger partial charge in [0.2, 0.25) is 0 Å². The topological polar surface area (TPSA) is 96.5 Å². The number of carbonyl (C=O) groups is 2. The highest BCUT2D eigenvalue weighted by atomic mass is 35.5. The minimum absolute atomic E-state index is 0.0492. The molecule has 3 aromatic carbocycles. The van der Waals surface area contributed by atoms with Gasteiger partial charge in [0.15, 0.2) is 11.8 Å². The summed E-state index contributed by atoms with van der Waals surface area (Å²) in [6.45, 7) is 8.42. The Bertz CT molecular complexity index is 1760. The van der Waals surface area contributed by atoms with Gasteiger partial charge in [-0.2, -0.15) is 5.10 Å². The monoisotopic (exact) mass is 640 g/mol. The molecule has 1 aromatic heterocycles. The average Bonchev–Trinajstić information content (AvgIpc) is 3.62. The van der Waals surface area contributed by atoms with Crippen LogP contribution in [0.25, 0.3) is 6.08 Å². The normalized spacial score (nSPS) is 15.4. The van der Waals surface area contributed by atoms with Gasteiger partial charge in [-0.05, 0) is 83.8 Å². The molecule has 1 saturated heterocycles. The SMILES string of the molecule is Cc1ccc(NC(=O)COc2ccc(Cl)cc2/C=C2\S/C(=N/N=C\c3ccc(C(C)(C)C)cc3)N(Cc3ccco3)C2=O)cc1. The highest BCUT2D eigenvalue weighted by Gasteiger charge is 2.34. The van der Waals surface area contributed by atoms with E-state index in [1.54, 1.807) is 48.9 Å². The van der Waals surface area contributed by atoms with E-state index in [0.717, 1.165) is 11.1 Å². The van der Waals surface area contributed by atoms with E-state index in [1.165, 1.54) is 22.2 Å². The summed E-state index contributed by atoms with van der Waals surface area (Å²) < 4.78 is 11.4. The highest BCUT2D eigenvalue weighted by molar-refractivity contribution is 8.18. The Morgan fingerprint density at radius 3 is 2.51 bits per heavy atom. The van der Waals surface area contributed by atoms with E-state index in [4.69, 9.17) is 20.8 Å². The van der Waals surface area contributed by atoms with Gasteiger partial charge in [0.1, 0.15) is 11.5 Å². The molecular formula is C35H33ClN4O4S. The molecule has 0 spiro atoms. The molecule has 5 rings (SSSR count). The molecule has 4 aromatic rings. The number of hydrogen-bond donors (Lipinski definition) is 1. The third-order valence-electron chi connectivity index (χ3n) is 6.86. The van der Waals surface area contributed by atoms with E-state index in [-0.39, 0.29) is 30.4 Å². The maximum atomic E-state index is 13.6. The van der Waals surface area contributed by atoms with Crippen molar-refractivity contribution < 1.29 is 18.7 Å². The van der Waals surface area contributed by atoms with Crippen LogP contribution in [0.1, 0.15) is 48.8 Å². The largest absolute Gasteiger partial charge is 0.483 e. The molecule has 0 atom stereocenters. The van der Waals surface area contributed by atoms with E-state index in [1.807, 2.05) is 43.3 Å². The van der Waals surface area contributed by atoms with Crippen molar-refractivity contribution in [2.75, 3.05) is 11.9 Å². The lowest BCUT2D eigenvalue weighted by Crippen LogP contribution is -2.28. The summed E-state index contributed by atoms with van der Waals surface area (Å²) in [6.07, 6.45) is 4.89. The summed E-state index contributed by atoms with van der Waals surface area (Å²) in [7, 11) is 0. The van der Waals surface area contributed by atoms with Crippen molar-refractivity contribution in [2.45, 2.75) is 39.7 Å². The maximum absolute atomic E-state index is 13.6. The van der Waals surface area contributed by atoms with Crippen molar-refractivity contribution in [2.24, 2.45) is 10.2 Å². The van der Waals surface area contributed by atoms with Gasteiger partial charge in [-0.15, -0.1) is 5.10 Å².